The second kappa shape index (κ2) is 7.06. The molecule has 0 amide bonds. The van der Waals surface area contributed by atoms with Crippen molar-refractivity contribution in [3.05, 3.63) is 0 Å². The molecule has 0 aromatic heterocycles. The standard InChI is InChI=1S/C8H18N2O2/c1-2-3-5-10-6-4-7(9)8(11)12/h7,10H,2-6,9H2,1H3,(H,11,12). The van der Waals surface area contributed by atoms with Gasteiger partial charge in [-0.3, -0.25) is 4.79 Å². The fourth-order valence-corrected chi connectivity index (χ4v) is 0.808. The van der Waals surface area contributed by atoms with Gasteiger partial charge in [-0.25, -0.2) is 0 Å². The smallest absolute Gasteiger partial charge is 0.320 e. The number of unbranched alkanes of at least 4 members (excludes halogenated alkanes) is 1. The highest BCUT2D eigenvalue weighted by Crippen LogP contribution is 1.87. The quantitative estimate of drug-likeness (QED) is 0.481. The van der Waals surface area contributed by atoms with Gasteiger partial charge >= 0.3 is 5.97 Å². The zero-order chi connectivity index (χ0) is 9.40. The zero-order valence-electron chi connectivity index (χ0n) is 7.55. The van der Waals surface area contributed by atoms with Gasteiger partial charge in [0, 0.05) is 0 Å². The fraction of sp³-hybridized carbons (Fsp3) is 0.875. The largest absolute Gasteiger partial charge is 0.480 e. The maximum atomic E-state index is 10.3. The molecule has 0 spiro atoms. The number of rotatable bonds is 7. The van der Waals surface area contributed by atoms with Gasteiger partial charge in [-0.15, -0.1) is 0 Å². The van der Waals surface area contributed by atoms with Crippen LogP contribution in [0.25, 0.3) is 0 Å². The summed E-state index contributed by atoms with van der Waals surface area (Å²) >= 11 is 0. The van der Waals surface area contributed by atoms with Crippen LogP contribution in [0.2, 0.25) is 0 Å². The van der Waals surface area contributed by atoms with Crippen molar-refractivity contribution in [1.82, 2.24) is 5.32 Å². The first kappa shape index (κ1) is 11.4. The molecule has 0 saturated heterocycles. The Hall–Kier alpha value is -0.610. The van der Waals surface area contributed by atoms with Crippen LogP contribution >= 0.6 is 0 Å². The number of nitrogens with two attached hydrogens (primary N) is 1. The van der Waals surface area contributed by atoms with Crippen LogP contribution in [0.3, 0.4) is 0 Å². The van der Waals surface area contributed by atoms with Crippen LogP contribution < -0.4 is 11.1 Å². The van der Waals surface area contributed by atoms with E-state index in [2.05, 4.69) is 12.2 Å². The van der Waals surface area contributed by atoms with E-state index in [1.807, 2.05) is 0 Å². The van der Waals surface area contributed by atoms with Gasteiger partial charge in [0.15, 0.2) is 0 Å². The molecule has 0 aliphatic carbocycles. The molecule has 0 rings (SSSR count). The molecule has 0 radical (unpaired) electrons. The summed E-state index contributed by atoms with van der Waals surface area (Å²) < 4.78 is 0. The van der Waals surface area contributed by atoms with E-state index in [0.29, 0.717) is 13.0 Å². The van der Waals surface area contributed by atoms with Crippen molar-refractivity contribution >= 4 is 5.97 Å². The van der Waals surface area contributed by atoms with Gasteiger partial charge in [-0.1, -0.05) is 13.3 Å². The predicted molar refractivity (Wildman–Crippen MR) is 48.0 cm³/mol. The van der Waals surface area contributed by atoms with E-state index >= 15 is 0 Å². The van der Waals surface area contributed by atoms with E-state index in [9.17, 15) is 4.79 Å². The number of carboxylic acid groups (broad SMARTS) is 1. The van der Waals surface area contributed by atoms with Gasteiger partial charge < -0.3 is 16.2 Å². The molecule has 4 N–H and O–H groups in total. The molecule has 0 heterocycles. The summed E-state index contributed by atoms with van der Waals surface area (Å²) in [4.78, 5) is 10.3. The van der Waals surface area contributed by atoms with E-state index in [4.69, 9.17) is 10.8 Å². The first-order chi connectivity index (χ1) is 5.68. The molecule has 0 fully saturated rings. The van der Waals surface area contributed by atoms with Crippen molar-refractivity contribution in [2.24, 2.45) is 5.73 Å². The SMILES string of the molecule is CCCCNCCC(N)C(=O)O. The van der Waals surface area contributed by atoms with Crippen LogP contribution in [-0.4, -0.2) is 30.2 Å². The lowest BCUT2D eigenvalue weighted by Crippen LogP contribution is -2.33. The summed E-state index contributed by atoms with van der Waals surface area (Å²) in [5, 5.41) is 11.6. The zero-order valence-corrected chi connectivity index (χ0v) is 7.55. The van der Waals surface area contributed by atoms with E-state index in [-0.39, 0.29) is 0 Å². The molecule has 0 bridgehead atoms. The van der Waals surface area contributed by atoms with Gasteiger partial charge in [0.25, 0.3) is 0 Å². The highest BCUT2D eigenvalue weighted by Gasteiger charge is 2.09. The Morgan fingerprint density at radius 2 is 2.25 bits per heavy atom. The van der Waals surface area contributed by atoms with Crippen LogP contribution in [0.5, 0.6) is 0 Å². The Bertz CT molecular complexity index is 128. The topological polar surface area (TPSA) is 75.3 Å². The number of carboxylic acids is 1. The molecule has 0 aromatic carbocycles. The minimum absolute atomic E-state index is 0.499. The van der Waals surface area contributed by atoms with E-state index in [1.54, 1.807) is 0 Å². The Morgan fingerprint density at radius 1 is 1.58 bits per heavy atom. The lowest BCUT2D eigenvalue weighted by atomic mass is 10.2. The Morgan fingerprint density at radius 3 is 2.75 bits per heavy atom. The Balaban J connectivity index is 3.14. The van der Waals surface area contributed by atoms with Crippen LogP contribution in [0, 0.1) is 0 Å². The van der Waals surface area contributed by atoms with Gasteiger partial charge in [-0.2, -0.15) is 0 Å². The average molecular weight is 174 g/mol. The molecule has 72 valence electrons. The lowest BCUT2D eigenvalue weighted by Gasteiger charge is -2.06. The molecular weight excluding hydrogens is 156 g/mol. The first-order valence-electron chi connectivity index (χ1n) is 4.37. The molecule has 0 aromatic rings. The van der Waals surface area contributed by atoms with Crippen molar-refractivity contribution in [3.8, 4) is 0 Å². The normalized spacial score (nSPS) is 12.8. The Kier molecular flexibility index (Phi) is 6.70. The molecular formula is C8H18N2O2. The van der Waals surface area contributed by atoms with Gasteiger partial charge in [-0.05, 0) is 25.9 Å². The van der Waals surface area contributed by atoms with Crippen molar-refractivity contribution in [1.29, 1.82) is 0 Å². The molecule has 0 aliphatic heterocycles. The van der Waals surface area contributed by atoms with Crippen LogP contribution in [0.15, 0.2) is 0 Å². The highest BCUT2D eigenvalue weighted by atomic mass is 16.4. The second-order valence-corrected chi connectivity index (χ2v) is 2.84. The van der Waals surface area contributed by atoms with E-state index in [0.717, 1.165) is 19.4 Å². The number of nitrogens with one attached hydrogen (secondary N) is 1. The van der Waals surface area contributed by atoms with Gasteiger partial charge in [0.05, 0.1) is 0 Å². The van der Waals surface area contributed by atoms with Crippen molar-refractivity contribution < 1.29 is 9.90 Å². The van der Waals surface area contributed by atoms with Crippen molar-refractivity contribution in [2.45, 2.75) is 32.2 Å². The molecule has 0 saturated carbocycles. The number of hydrogen-bond donors (Lipinski definition) is 3. The van der Waals surface area contributed by atoms with E-state index in [1.165, 1.54) is 0 Å². The third-order valence-corrected chi connectivity index (χ3v) is 1.66. The maximum absolute atomic E-state index is 10.3. The minimum Gasteiger partial charge on any atom is -0.480 e. The lowest BCUT2D eigenvalue weighted by molar-refractivity contribution is -0.138. The molecule has 4 heteroatoms. The summed E-state index contributed by atoms with van der Waals surface area (Å²) in [6.45, 7) is 3.75. The third kappa shape index (κ3) is 6.12. The molecule has 1 atom stereocenters. The molecule has 4 nitrogen and oxygen atoms in total. The summed E-state index contributed by atoms with van der Waals surface area (Å²) in [6.07, 6.45) is 2.78. The van der Waals surface area contributed by atoms with E-state index < -0.39 is 12.0 Å². The first-order valence-corrected chi connectivity index (χ1v) is 4.37. The van der Waals surface area contributed by atoms with Crippen molar-refractivity contribution in [2.75, 3.05) is 13.1 Å². The monoisotopic (exact) mass is 174 g/mol. The molecule has 0 aliphatic rings. The van der Waals surface area contributed by atoms with Gasteiger partial charge in [0.1, 0.15) is 6.04 Å². The number of carbonyl (C=O) groups is 1. The highest BCUT2D eigenvalue weighted by molar-refractivity contribution is 5.72. The summed E-state index contributed by atoms with van der Waals surface area (Å²) in [5.74, 6) is -0.924. The Labute approximate surface area is 73.1 Å². The molecule has 12 heavy (non-hydrogen) atoms. The third-order valence-electron chi connectivity index (χ3n) is 1.66. The second-order valence-electron chi connectivity index (χ2n) is 2.84. The summed E-state index contributed by atoms with van der Waals surface area (Å²) in [6, 6.07) is -0.723. The maximum Gasteiger partial charge on any atom is 0.320 e. The summed E-state index contributed by atoms with van der Waals surface area (Å²) in [5.41, 5.74) is 5.29. The summed E-state index contributed by atoms with van der Waals surface area (Å²) in [7, 11) is 0. The fourth-order valence-electron chi connectivity index (χ4n) is 0.808. The van der Waals surface area contributed by atoms with Crippen LogP contribution in [0.4, 0.5) is 0 Å². The number of hydrogen-bond acceptors (Lipinski definition) is 3. The van der Waals surface area contributed by atoms with Crippen LogP contribution in [0.1, 0.15) is 26.2 Å². The van der Waals surface area contributed by atoms with Crippen LogP contribution in [-0.2, 0) is 4.79 Å². The van der Waals surface area contributed by atoms with Gasteiger partial charge in [0.2, 0.25) is 0 Å². The average Bonchev–Trinajstić information content (AvgIpc) is 2.03. The predicted octanol–water partition coefficient (Wildman–Crippen LogP) is 0.178. The molecule has 1 unspecified atom stereocenters. The van der Waals surface area contributed by atoms with Crippen molar-refractivity contribution in [3.63, 3.8) is 0 Å². The number of aliphatic carboxylic acids is 1. The minimum atomic E-state index is -0.924.